The van der Waals surface area contributed by atoms with Gasteiger partial charge in [0.05, 0.1) is 17.2 Å². The smallest absolute Gasteiger partial charge is 0.307 e. The fourth-order valence-corrected chi connectivity index (χ4v) is 4.40. The Bertz CT molecular complexity index is 748. The summed E-state index contributed by atoms with van der Waals surface area (Å²) in [5.41, 5.74) is 1.64. The van der Waals surface area contributed by atoms with Gasteiger partial charge in [-0.25, -0.2) is 0 Å². The number of aryl methyl sites for hydroxylation is 1. The zero-order valence-electron chi connectivity index (χ0n) is 14.6. The molecule has 1 aliphatic heterocycles. The van der Waals surface area contributed by atoms with E-state index in [-0.39, 0.29) is 12.0 Å². The zero-order chi connectivity index (χ0) is 18.2. The van der Waals surface area contributed by atoms with Crippen LogP contribution in [0.1, 0.15) is 43.7 Å². The minimum absolute atomic E-state index is 0.177. The first-order valence-corrected chi connectivity index (χ1v) is 9.20. The third-order valence-electron chi connectivity index (χ3n) is 5.00. The summed E-state index contributed by atoms with van der Waals surface area (Å²) >= 11 is 3.54. The summed E-state index contributed by atoms with van der Waals surface area (Å²) < 4.78 is 11.8. The molecule has 1 aromatic rings. The van der Waals surface area contributed by atoms with Crippen LogP contribution in [-0.4, -0.2) is 30.6 Å². The molecule has 0 bridgehead atoms. The van der Waals surface area contributed by atoms with E-state index in [9.17, 15) is 9.59 Å². The van der Waals surface area contributed by atoms with E-state index in [4.69, 9.17) is 9.47 Å². The van der Waals surface area contributed by atoms with Crippen LogP contribution < -0.4 is 5.32 Å². The Labute approximate surface area is 155 Å². The van der Waals surface area contributed by atoms with Gasteiger partial charge in [-0.15, -0.1) is 0 Å². The fraction of sp³-hybridized carbons (Fsp3) is 0.474. The lowest BCUT2D eigenvalue weighted by Crippen LogP contribution is -2.49. The van der Waals surface area contributed by atoms with E-state index in [1.54, 1.807) is 7.11 Å². The first-order valence-electron chi connectivity index (χ1n) is 8.41. The van der Waals surface area contributed by atoms with Crippen LogP contribution in [0.25, 0.3) is 5.57 Å². The van der Waals surface area contributed by atoms with E-state index in [0.29, 0.717) is 24.2 Å². The lowest BCUT2D eigenvalue weighted by molar-refractivity contribution is -0.138. The molecule has 1 aromatic carbocycles. The summed E-state index contributed by atoms with van der Waals surface area (Å²) in [4.78, 5) is 24.6. The molecule has 6 heteroatoms. The van der Waals surface area contributed by atoms with E-state index in [2.05, 4.69) is 21.2 Å². The minimum Gasteiger partial charge on any atom is -0.428 e. The van der Waals surface area contributed by atoms with Crippen LogP contribution in [0.3, 0.4) is 0 Å². The Morgan fingerprint density at radius 2 is 2.00 bits per heavy atom. The SMILES string of the molecule is COC1CCC2(CC1)NC(=O)C(c1ccc(C)cc1Br)=C2OC(C)=O. The Morgan fingerprint density at radius 3 is 2.56 bits per heavy atom. The van der Waals surface area contributed by atoms with E-state index >= 15 is 0 Å². The molecule has 1 saturated carbocycles. The van der Waals surface area contributed by atoms with Crippen molar-refractivity contribution in [3.05, 3.63) is 39.6 Å². The topological polar surface area (TPSA) is 64.6 Å². The summed E-state index contributed by atoms with van der Waals surface area (Å²) in [7, 11) is 1.70. The number of amides is 1. The second-order valence-electron chi connectivity index (χ2n) is 6.75. The number of nitrogens with one attached hydrogen (secondary N) is 1. The molecule has 3 rings (SSSR count). The highest BCUT2D eigenvalue weighted by Crippen LogP contribution is 2.44. The summed E-state index contributed by atoms with van der Waals surface area (Å²) in [5.74, 6) is -0.166. The molecule has 1 aliphatic carbocycles. The average molecular weight is 408 g/mol. The predicted octanol–water partition coefficient (Wildman–Crippen LogP) is 3.49. The van der Waals surface area contributed by atoms with Crippen molar-refractivity contribution < 1.29 is 19.1 Å². The standard InChI is InChI=1S/C19H22BrNO4/c1-11-4-5-14(15(20)10-11)16-17(25-12(2)22)19(21-18(16)23)8-6-13(24-3)7-9-19/h4-5,10,13H,6-9H2,1-3H3,(H,21,23). The van der Waals surface area contributed by atoms with Crippen molar-refractivity contribution in [1.29, 1.82) is 0 Å². The van der Waals surface area contributed by atoms with Gasteiger partial charge in [-0.2, -0.15) is 0 Å². The number of carbonyl (C=O) groups excluding carboxylic acids is 2. The summed E-state index contributed by atoms with van der Waals surface area (Å²) in [5, 5.41) is 3.09. The lowest BCUT2D eigenvalue weighted by atomic mass is 9.79. The van der Waals surface area contributed by atoms with Crippen molar-refractivity contribution in [2.24, 2.45) is 0 Å². The maximum absolute atomic E-state index is 12.8. The van der Waals surface area contributed by atoms with E-state index < -0.39 is 11.5 Å². The summed E-state index contributed by atoms with van der Waals surface area (Å²) in [6, 6.07) is 5.78. The Kier molecular flexibility index (Phi) is 5.02. The molecule has 0 unspecified atom stereocenters. The van der Waals surface area contributed by atoms with Gasteiger partial charge in [0, 0.05) is 24.1 Å². The van der Waals surface area contributed by atoms with Gasteiger partial charge in [-0.05, 0) is 44.2 Å². The summed E-state index contributed by atoms with van der Waals surface area (Å²) in [6.07, 6.45) is 3.17. The second-order valence-corrected chi connectivity index (χ2v) is 7.61. The maximum atomic E-state index is 12.8. The maximum Gasteiger partial charge on any atom is 0.307 e. The molecule has 0 saturated heterocycles. The highest BCUT2D eigenvalue weighted by Gasteiger charge is 2.49. The quantitative estimate of drug-likeness (QED) is 0.778. The Balaban J connectivity index is 2.09. The number of benzene rings is 1. The van der Waals surface area contributed by atoms with Gasteiger partial charge in [0.2, 0.25) is 0 Å². The average Bonchev–Trinajstić information content (AvgIpc) is 2.80. The van der Waals surface area contributed by atoms with Crippen LogP contribution in [0.4, 0.5) is 0 Å². The van der Waals surface area contributed by atoms with Crippen molar-refractivity contribution >= 4 is 33.4 Å². The molecule has 134 valence electrons. The lowest BCUT2D eigenvalue weighted by Gasteiger charge is -2.37. The fourth-order valence-electron chi connectivity index (χ4n) is 3.71. The van der Waals surface area contributed by atoms with Crippen molar-refractivity contribution in [1.82, 2.24) is 5.32 Å². The third-order valence-corrected chi connectivity index (χ3v) is 5.66. The van der Waals surface area contributed by atoms with Crippen molar-refractivity contribution in [2.45, 2.75) is 51.2 Å². The minimum atomic E-state index is -0.628. The number of hydrogen-bond donors (Lipinski definition) is 1. The van der Waals surface area contributed by atoms with Crippen LogP contribution in [-0.2, 0) is 19.1 Å². The monoisotopic (exact) mass is 407 g/mol. The molecule has 25 heavy (non-hydrogen) atoms. The zero-order valence-corrected chi connectivity index (χ0v) is 16.2. The van der Waals surface area contributed by atoms with Crippen LogP contribution in [0.2, 0.25) is 0 Å². The normalized spacial score (nSPS) is 26.1. The molecule has 0 atom stereocenters. The summed E-state index contributed by atoms with van der Waals surface area (Å²) in [6.45, 7) is 3.35. The number of methoxy groups -OCH3 is 1. The number of halogens is 1. The van der Waals surface area contributed by atoms with Gasteiger partial charge in [0.25, 0.3) is 5.91 Å². The highest BCUT2D eigenvalue weighted by molar-refractivity contribution is 9.10. The first kappa shape index (κ1) is 18.1. The van der Waals surface area contributed by atoms with Gasteiger partial charge < -0.3 is 14.8 Å². The number of rotatable bonds is 3. The Hall–Kier alpha value is -1.66. The van der Waals surface area contributed by atoms with Crippen LogP contribution in [0.15, 0.2) is 28.4 Å². The van der Waals surface area contributed by atoms with E-state index in [1.165, 1.54) is 6.92 Å². The molecule has 2 aliphatic rings. The molecular weight excluding hydrogens is 386 g/mol. The molecule has 1 spiro atoms. The van der Waals surface area contributed by atoms with Crippen molar-refractivity contribution in [3.63, 3.8) is 0 Å². The molecular formula is C19H22BrNO4. The molecule has 0 aromatic heterocycles. The van der Waals surface area contributed by atoms with Crippen LogP contribution in [0, 0.1) is 6.92 Å². The van der Waals surface area contributed by atoms with E-state index in [1.807, 2.05) is 25.1 Å². The van der Waals surface area contributed by atoms with Gasteiger partial charge >= 0.3 is 5.97 Å². The van der Waals surface area contributed by atoms with Gasteiger partial charge in [0.1, 0.15) is 5.76 Å². The van der Waals surface area contributed by atoms with Gasteiger partial charge in [-0.3, -0.25) is 9.59 Å². The number of hydrogen-bond acceptors (Lipinski definition) is 4. The molecule has 1 amide bonds. The molecule has 1 fully saturated rings. The molecule has 0 radical (unpaired) electrons. The number of ether oxygens (including phenoxy) is 2. The van der Waals surface area contributed by atoms with E-state index in [0.717, 1.165) is 28.4 Å². The largest absolute Gasteiger partial charge is 0.428 e. The number of carbonyl (C=O) groups is 2. The van der Waals surface area contributed by atoms with Crippen LogP contribution >= 0.6 is 15.9 Å². The molecule has 1 N–H and O–H groups in total. The molecule has 1 heterocycles. The van der Waals surface area contributed by atoms with Crippen molar-refractivity contribution in [3.8, 4) is 0 Å². The van der Waals surface area contributed by atoms with Gasteiger partial charge in [-0.1, -0.05) is 28.1 Å². The highest BCUT2D eigenvalue weighted by atomic mass is 79.9. The predicted molar refractivity (Wildman–Crippen MR) is 97.7 cm³/mol. The number of esters is 1. The third kappa shape index (κ3) is 3.37. The van der Waals surface area contributed by atoms with Crippen molar-refractivity contribution in [2.75, 3.05) is 7.11 Å². The van der Waals surface area contributed by atoms with Crippen LogP contribution in [0.5, 0.6) is 0 Å². The second kappa shape index (κ2) is 6.92. The molecule has 5 nitrogen and oxygen atoms in total. The van der Waals surface area contributed by atoms with Gasteiger partial charge in [0.15, 0.2) is 0 Å². The first-order chi connectivity index (χ1) is 11.9. The Morgan fingerprint density at radius 1 is 1.32 bits per heavy atom.